The largest absolute Gasteiger partial charge is 0.493 e. The van der Waals surface area contributed by atoms with Crippen LogP contribution in [0.4, 0.5) is 0 Å². The van der Waals surface area contributed by atoms with Crippen LogP contribution in [0.1, 0.15) is 10.4 Å². The summed E-state index contributed by atoms with van der Waals surface area (Å²) < 4.78 is 14.3. The summed E-state index contributed by atoms with van der Waals surface area (Å²) in [5, 5.41) is 8.55. The standard InChI is InChI=1S/C11H12O6/c1-15-9-5-7(11(14)16-2)3-4-8(9)17-10(13)6-12/h3-5,12H,6H2,1-2H3. The second-order valence-corrected chi connectivity index (χ2v) is 2.99. The Hall–Kier alpha value is -2.08. The third-order valence-electron chi connectivity index (χ3n) is 1.94. The van der Waals surface area contributed by atoms with Crippen molar-refractivity contribution in [3.8, 4) is 11.5 Å². The molecule has 0 amide bonds. The average molecular weight is 240 g/mol. The lowest BCUT2D eigenvalue weighted by Crippen LogP contribution is -2.13. The van der Waals surface area contributed by atoms with E-state index in [2.05, 4.69) is 4.74 Å². The Kier molecular flexibility index (Phi) is 4.47. The van der Waals surface area contributed by atoms with Crippen LogP contribution in [0, 0.1) is 0 Å². The van der Waals surface area contributed by atoms with E-state index in [1.165, 1.54) is 32.4 Å². The summed E-state index contributed by atoms with van der Waals surface area (Å²) in [6, 6.07) is 4.19. The summed E-state index contributed by atoms with van der Waals surface area (Å²) in [6.45, 7) is -0.734. The molecule has 0 fully saturated rings. The van der Waals surface area contributed by atoms with Gasteiger partial charge < -0.3 is 19.3 Å². The molecule has 0 unspecified atom stereocenters. The van der Waals surface area contributed by atoms with Crippen molar-refractivity contribution in [3.05, 3.63) is 23.8 Å². The molecule has 1 N–H and O–H groups in total. The first-order chi connectivity index (χ1) is 8.12. The van der Waals surface area contributed by atoms with Gasteiger partial charge in [0, 0.05) is 0 Å². The van der Waals surface area contributed by atoms with Gasteiger partial charge in [-0.2, -0.15) is 0 Å². The molecule has 1 rings (SSSR count). The second-order valence-electron chi connectivity index (χ2n) is 2.99. The molecule has 0 aromatic heterocycles. The van der Waals surface area contributed by atoms with E-state index in [1.54, 1.807) is 0 Å². The second kappa shape index (κ2) is 5.86. The van der Waals surface area contributed by atoms with E-state index in [-0.39, 0.29) is 17.1 Å². The highest BCUT2D eigenvalue weighted by Gasteiger charge is 2.13. The molecule has 6 heteroatoms. The van der Waals surface area contributed by atoms with Crippen molar-refractivity contribution in [2.24, 2.45) is 0 Å². The molecule has 0 atom stereocenters. The predicted molar refractivity (Wildman–Crippen MR) is 57.1 cm³/mol. The smallest absolute Gasteiger partial charge is 0.337 e. The van der Waals surface area contributed by atoms with Crippen LogP contribution in [0.25, 0.3) is 0 Å². The minimum absolute atomic E-state index is 0.124. The summed E-state index contributed by atoms with van der Waals surface area (Å²) >= 11 is 0. The molecule has 0 saturated heterocycles. The van der Waals surface area contributed by atoms with E-state index >= 15 is 0 Å². The molecule has 0 aliphatic rings. The van der Waals surface area contributed by atoms with Gasteiger partial charge in [-0.15, -0.1) is 0 Å². The van der Waals surface area contributed by atoms with E-state index in [9.17, 15) is 9.59 Å². The van der Waals surface area contributed by atoms with Gasteiger partial charge in [-0.3, -0.25) is 0 Å². The fourth-order valence-electron chi connectivity index (χ4n) is 1.15. The molecule has 0 saturated carbocycles. The predicted octanol–water partition coefficient (Wildman–Crippen LogP) is 0.380. The average Bonchev–Trinajstić information content (AvgIpc) is 2.37. The topological polar surface area (TPSA) is 82.1 Å². The van der Waals surface area contributed by atoms with Crippen molar-refractivity contribution in [2.75, 3.05) is 20.8 Å². The highest BCUT2D eigenvalue weighted by atomic mass is 16.6. The van der Waals surface area contributed by atoms with Crippen molar-refractivity contribution in [2.45, 2.75) is 0 Å². The Labute approximate surface area is 97.7 Å². The van der Waals surface area contributed by atoms with Crippen LogP contribution in [-0.4, -0.2) is 37.9 Å². The number of methoxy groups -OCH3 is 2. The maximum absolute atomic E-state index is 11.2. The summed E-state index contributed by atoms with van der Waals surface area (Å²) in [4.78, 5) is 22.2. The number of ether oxygens (including phenoxy) is 3. The molecule has 17 heavy (non-hydrogen) atoms. The number of esters is 2. The minimum atomic E-state index is -0.811. The normalized spacial score (nSPS) is 9.59. The van der Waals surface area contributed by atoms with Crippen LogP contribution in [0.2, 0.25) is 0 Å². The monoisotopic (exact) mass is 240 g/mol. The van der Waals surface area contributed by atoms with Crippen LogP contribution >= 0.6 is 0 Å². The van der Waals surface area contributed by atoms with Gasteiger partial charge in [0.05, 0.1) is 19.8 Å². The molecule has 1 aromatic rings. The van der Waals surface area contributed by atoms with Gasteiger partial charge in [-0.25, -0.2) is 9.59 Å². The number of rotatable bonds is 4. The van der Waals surface area contributed by atoms with Gasteiger partial charge in [-0.1, -0.05) is 0 Å². The van der Waals surface area contributed by atoms with Gasteiger partial charge in [0.2, 0.25) is 0 Å². The molecule has 0 spiro atoms. The lowest BCUT2D eigenvalue weighted by atomic mass is 10.2. The zero-order chi connectivity index (χ0) is 12.8. The van der Waals surface area contributed by atoms with Crippen LogP contribution in [0.3, 0.4) is 0 Å². The third kappa shape index (κ3) is 3.18. The molecule has 0 bridgehead atoms. The van der Waals surface area contributed by atoms with Crippen LogP contribution in [-0.2, 0) is 9.53 Å². The first-order valence-electron chi connectivity index (χ1n) is 4.70. The Morgan fingerprint density at radius 3 is 2.47 bits per heavy atom. The van der Waals surface area contributed by atoms with Gasteiger partial charge in [0.15, 0.2) is 11.5 Å². The molecular formula is C11H12O6. The van der Waals surface area contributed by atoms with Gasteiger partial charge in [-0.05, 0) is 18.2 Å². The minimum Gasteiger partial charge on any atom is -0.493 e. The number of benzene rings is 1. The molecule has 0 aliphatic heterocycles. The maximum atomic E-state index is 11.2. The van der Waals surface area contributed by atoms with E-state index in [1.807, 2.05) is 0 Å². The Balaban J connectivity index is 3.01. The fourth-order valence-corrected chi connectivity index (χ4v) is 1.15. The number of aliphatic hydroxyl groups is 1. The lowest BCUT2D eigenvalue weighted by Gasteiger charge is -2.09. The fraction of sp³-hybridized carbons (Fsp3) is 0.273. The number of hydrogen-bond donors (Lipinski definition) is 1. The van der Waals surface area contributed by atoms with Crippen LogP contribution in [0.15, 0.2) is 18.2 Å². The zero-order valence-corrected chi connectivity index (χ0v) is 9.43. The van der Waals surface area contributed by atoms with E-state index < -0.39 is 18.5 Å². The molecule has 0 heterocycles. The number of hydrogen-bond acceptors (Lipinski definition) is 6. The number of carbonyl (C=O) groups excluding carboxylic acids is 2. The van der Waals surface area contributed by atoms with Crippen molar-refractivity contribution >= 4 is 11.9 Å². The van der Waals surface area contributed by atoms with E-state index in [0.717, 1.165) is 0 Å². The summed E-state index contributed by atoms with van der Waals surface area (Å²) in [7, 11) is 2.63. The van der Waals surface area contributed by atoms with Crippen LogP contribution < -0.4 is 9.47 Å². The molecule has 0 aliphatic carbocycles. The summed E-state index contributed by atoms with van der Waals surface area (Å²) in [5.41, 5.74) is 0.271. The van der Waals surface area contributed by atoms with Crippen molar-refractivity contribution in [1.82, 2.24) is 0 Å². The quantitative estimate of drug-likeness (QED) is 0.605. The first-order valence-corrected chi connectivity index (χ1v) is 4.70. The van der Waals surface area contributed by atoms with Crippen molar-refractivity contribution in [1.29, 1.82) is 0 Å². The molecular weight excluding hydrogens is 228 g/mol. The summed E-state index contributed by atoms with van der Waals surface area (Å²) in [6.07, 6.45) is 0. The highest BCUT2D eigenvalue weighted by Crippen LogP contribution is 2.28. The van der Waals surface area contributed by atoms with Gasteiger partial charge in [0.25, 0.3) is 0 Å². The van der Waals surface area contributed by atoms with Gasteiger partial charge in [0.1, 0.15) is 6.61 Å². The van der Waals surface area contributed by atoms with Crippen molar-refractivity contribution < 1.29 is 28.9 Å². The number of carbonyl (C=O) groups is 2. The molecule has 6 nitrogen and oxygen atoms in total. The molecule has 0 radical (unpaired) electrons. The Morgan fingerprint density at radius 1 is 1.24 bits per heavy atom. The Morgan fingerprint density at radius 2 is 1.94 bits per heavy atom. The van der Waals surface area contributed by atoms with E-state index in [0.29, 0.717) is 0 Å². The highest BCUT2D eigenvalue weighted by molar-refractivity contribution is 5.90. The lowest BCUT2D eigenvalue weighted by molar-refractivity contribution is -0.137. The third-order valence-corrected chi connectivity index (χ3v) is 1.94. The van der Waals surface area contributed by atoms with Crippen LogP contribution in [0.5, 0.6) is 11.5 Å². The first kappa shape index (κ1) is 13.0. The molecule has 92 valence electrons. The molecule has 1 aromatic carbocycles. The van der Waals surface area contributed by atoms with Gasteiger partial charge >= 0.3 is 11.9 Å². The number of aliphatic hydroxyl groups excluding tert-OH is 1. The van der Waals surface area contributed by atoms with E-state index in [4.69, 9.17) is 14.6 Å². The SMILES string of the molecule is COC(=O)c1ccc(OC(=O)CO)c(OC)c1. The van der Waals surface area contributed by atoms with Crippen molar-refractivity contribution in [3.63, 3.8) is 0 Å². The summed E-state index contributed by atoms with van der Waals surface area (Å²) in [5.74, 6) is -1.01. The maximum Gasteiger partial charge on any atom is 0.337 e. The zero-order valence-electron chi connectivity index (χ0n) is 9.43. The Bertz CT molecular complexity index is 426.